The Hall–Kier alpha value is -1.85. The molecule has 3 N–H and O–H groups in total. The molecule has 1 aromatic rings. The third-order valence-electron chi connectivity index (χ3n) is 3.59. The van der Waals surface area contributed by atoms with Crippen LogP contribution in [0.1, 0.15) is 28.8 Å². The van der Waals surface area contributed by atoms with Crippen molar-refractivity contribution >= 4 is 30.3 Å². The number of nitrogens with zero attached hydrogens (tertiary/aromatic N) is 1. The van der Waals surface area contributed by atoms with Crippen molar-refractivity contribution in [2.75, 3.05) is 20.1 Å². The average Bonchev–Trinajstić information content (AvgIpc) is 2.52. The third-order valence-corrected chi connectivity index (χ3v) is 3.59. The minimum Gasteiger partial charge on any atom is -0.355 e. The highest BCUT2D eigenvalue weighted by Gasteiger charge is 2.19. The van der Waals surface area contributed by atoms with Crippen LogP contribution in [0.15, 0.2) is 30.3 Å². The van der Waals surface area contributed by atoms with Gasteiger partial charge in [0.25, 0.3) is 5.91 Å². The molecule has 0 aromatic heterocycles. The average molecular weight is 324 g/mol. The zero-order valence-corrected chi connectivity index (χ0v) is 13.4. The highest BCUT2D eigenvalue weighted by Crippen LogP contribution is 2.10. The van der Waals surface area contributed by atoms with Gasteiger partial charge in [0.1, 0.15) is 0 Å². The highest BCUT2D eigenvalue weighted by atomic mass is 35.5. The summed E-state index contributed by atoms with van der Waals surface area (Å²) >= 11 is 0. The molecule has 1 aromatic carbocycles. The van der Waals surface area contributed by atoms with Crippen LogP contribution in [0.5, 0.6) is 0 Å². The van der Waals surface area contributed by atoms with E-state index < -0.39 is 0 Å². The summed E-state index contributed by atoms with van der Waals surface area (Å²) in [7, 11) is 1.60. The minimum absolute atomic E-state index is 0. The standard InChI is InChI=1S/C16H21N3O2.ClH/c1-18-16(21)13-7-4-12(5-8-13)6-9-15(20)19-10-2-3-14(17)11-19;/h4-9,14H,2-3,10-11,17H2,1H3,(H,18,21);1H/b9-6+;. The Bertz CT molecular complexity index is 543. The van der Waals surface area contributed by atoms with E-state index in [4.69, 9.17) is 5.73 Å². The van der Waals surface area contributed by atoms with Crippen molar-refractivity contribution < 1.29 is 9.59 Å². The first-order valence-corrected chi connectivity index (χ1v) is 7.15. The molecular formula is C16H22ClN3O2. The topological polar surface area (TPSA) is 75.4 Å². The molecule has 1 saturated heterocycles. The highest BCUT2D eigenvalue weighted by molar-refractivity contribution is 5.94. The number of piperidine rings is 1. The lowest BCUT2D eigenvalue weighted by Gasteiger charge is -2.29. The maximum Gasteiger partial charge on any atom is 0.251 e. The number of benzene rings is 1. The summed E-state index contributed by atoms with van der Waals surface area (Å²) in [5, 5.41) is 2.57. The van der Waals surface area contributed by atoms with Crippen molar-refractivity contribution in [1.29, 1.82) is 0 Å². The van der Waals surface area contributed by atoms with Crippen LogP contribution >= 0.6 is 12.4 Å². The van der Waals surface area contributed by atoms with E-state index in [1.807, 2.05) is 12.1 Å². The number of carbonyl (C=O) groups excluding carboxylic acids is 2. The minimum atomic E-state index is -0.121. The summed E-state index contributed by atoms with van der Waals surface area (Å²) in [6, 6.07) is 7.19. The largest absolute Gasteiger partial charge is 0.355 e. The second-order valence-corrected chi connectivity index (χ2v) is 5.22. The second kappa shape index (κ2) is 8.56. The fourth-order valence-corrected chi connectivity index (χ4v) is 2.37. The predicted octanol–water partition coefficient (Wildman–Crippen LogP) is 1.43. The monoisotopic (exact) mass is 323 g/mol. The Morgan fingerprint density at radius 2 is 2.00 bits per heavy atom. The lowest BCUT2D eigenvalue weighted by molar-refractivity contribution is -0.127. The zero-order valence-electron chi connectivity index (χ0n) is 12.6. The van der Waals surface area contributed by atoms with E-state index in [1.54, 1.807) is 36.2 Å². The summed E-state index contributed by atoms with van der Waals surface area (Å²) in [4.78, 5) is 25.3. The van der Waals surface area contributed by atoms with Crippen LogP contribution in [-0.4, -0.2) is 42.9 Å². The molecule has 1 aliphatic rings. The molecule has 1 atom stereocenters. The number of hydrogen-bond donors (Lipinski definition) is 2. The van der Waals surface area contributed by atoms with Crippen LogP contribution in [-0.2, 0) is 4.79 Å². The third kappa shape index (κ3) is 4.86. The van der Waals surface area contributed by atoms with Crippen LogP contribution in [0.3, 0.4) is 0 Å². The quantitative estimate of drug-likeness (QED) is 0.826. The van der Waals surface area contributed by atoms with Gasteiger partial charge in [0.15, 0.2) is 0 Å². The van der Waals surface area contributed by atoms with Crippen LogP contribution in [0, 0.1) is 0 Å². The normalized spacial score (nSPS) is 17.9. The van der Waals surface area contributed by atoms with Crippen LogP contribution in [0.2, 0.25) is 0 Å². The molecule has 0 saturated carbocycles. The van der Waals surface area contributed by atoms with Gasteiger partial charge in [-0.25, -0.2) is 0 Å². The van der Waals surface area contributed by atoms with E-state index in [0.717, 1.165) is 24.9 Å². The molecule has 22 heavy (non-hydrogen) atoms. The summed E-state index contributed by atoms with van der Waals surface area (Å²) in [6.45, 7) is 1.39. The first-order chi connectivity index (χ1) is 10.1. The Balaban J connectivity index is 0.00000242. The molecule has 5 nitrogen and oxygen atoms in total. The molecule has 0 bridgehead atoms. The molecule has 0 spiro atoms. The SMILES string of the molecule is CNC(=O)c1ccc(/C=C/C(=O)N2CCCC(N)C2)cc1.Cl. The number of rotatable bonds is 3. The van der Waals surface area contributed by atoms with Crippen molar-refractivity contribution in [1.82, 2.24) is 10.2 Å². The van der Waals surface area contributed by atoms with E-state index in [1.165, 1.54) is 0 Å². The van der Waals surface area contributed by atoms with Crippen molar-refractivity contribution in [3.63, 3.8) is 0 Å². The lowest BCUT2D eigenvalue weighted by Crippen LogP contribution is -2.45. The molecule has 1 aliphatic heterocycles. The second-order valence-electron chi connectivity index (χ2n) is 5.22. The van der Waals surface area contributed by atoms with Gasteiger partial charge in [-0.2, -0.15) is 0 Å². The Morgan fingerprint density at radius 1 is 1.32 bits per heavy atom. The first kappa shape index (κ1) is 18.2. The fourth-order valence-electron chi connectivity index (χ4n) is 2.37. The molecule has 0 radical (unpaired) electrons. The molecule has 1 heterocycles. The van der Waals surface area contributed by atoms with Gasteiger partial charge in [0, 0.05) is 37.8 Å². The fraction of sp³-hybridized carbons (Fsp3) is 0.375. The molecule has 0 aliphatic carbocycles. The summed E-state index contributed by atoms with van der Waals surface area (Å²) < 4.78 is 0. The van der Waals surface area contributed by atoms with Gasteiger partial charge in [-0.15, -0.1) is 12.4 Å². The van der Waals surface area contributed by atoms with Crippen LogP contribution in [0.4, 0.5) is 0 Å². The van der Waals surface area contributed by atoms with Crippen molar-refractivity contribution in [3.05, 3.63) is 41.5 Å². The maximum absolute atomic E-state index is 12.1. The van der Waals surface area contributed by atoms with Gasteiger partial charge < -0.3 is 16.0 Å². The number of likely N-dealkylation sites (tertiary alicyclic amines) is 1. The summed E-state index contributed by atoms with van der Waals surface area (Å²) in [6.07, 6.45) is 5.26. The number of hydrogen-bond acceptors (Lipinski definition) is 3. The smallest absolute Gasteiger partial charge is 0.251 e. The van der Waals surface area contributed by atoms with Gasteiger partial charge in [-0.05, 0) is 36.6 Å². The Labute approximate surface area is 137 Å². The van der Waals surface area contributed by atoms with E-state index in [9.17, 15) is 9.59 Å². The van der Waals surface area contributed by atoms with Gasteiger partial charge >= 0.3 is 0 Å². The number of nitrogens with one attached hydrogen (secondary N) is 1. The van der Waals surface area contributed by atoms with Crippen molar-refractivity contribution in [2.45, 2.75) is 18.9 Å². The van der Waals surface area contributed by atoms with Crippen molar-refractivity contribution in [2.24, 2.45) is 5.73 Å². The maximum atomic E-state index is 12.1. The Morgan fingerprint density at radius 3 is 2.59 bits per heavy atom. The van der Waals surface area contributed by atoms with Crippen LogP contribution < -0.4 is 11.1 Å². The first-order valence-electron chi connectivity index (χ1n) is 7.15. The molecule has 1 unspecified atom stereocenters. The zero-order chi connectivity index (χ0) is 15.2. The number of halogens is 1. The van der Waals surface area contributed by atoms with E-state index in [0.29, 0.717) is 12.1 Å². The van der Waals surface area contributed by atoms with E-state index in [-0.39, 0.29) is 30.3 Å². The number of carbonyl (C=O) groups is 2. The molecule has 1 fully saturated rings. The van der Waals surface area contributed by atoms with Crippen LogP contribution in [0.25, 0.3) is 6.08 Å². The summed E-state index contributed by atoms with van der Waals surface area (Å²) in [5.74, 6) is -0.135. The van der Waals surface area contributed by atoms with E-state index in [2.05, 4.69) is 5.32 Å². The predicted molar refractivity (Wildman–Crippen MR) is 89.9 cm³/mol. The van der Waals surface area contributed by atoms with E-state index >= 15 is 0 Å². The summed E-state index contributed by atoms with van der Waals surface area (Å²) in [5.41, 5.74) is 7.36. The van der Waals surface area contributed by atoms with Gasteiger partial charge in [0.05, 0.1) is 0 Å². The molecular weight excluding hydrogens is 302 g/mol. The van der Waals surface area contributed by atoms with Gasteiger partial charge in [-0.3, -0.25) is 9.59 Å². The van der Waals surface area contributed by atoms with Crippen molar-refractivity contribution in [3.8, 4) is 0 Å². The number of nitrogens with two attached hydrogens (primary N) is 1. The Kier molecular flexibility index (Phi) is 7.08. The van der Waals surface area contributed by atoms with Gasteiger partial charge in [0.2, 0.25) is 5.91 Å². The number of amides is 2. The molecule has 2 rings (SSSR count). The molecule has 6 heteroatoms. The molecule has 120 valence electrons. The van der Waals surface area contributed by atoms with Gasteiger partial charge in [-0.1, -0.05) is 12.1 Å². The molecule has 2 amide bonds. The lowest BCUT2D eigenvalue weighted by atomic mass is 10.1.